The van der Waals surface area contributed by atoms with Crippen LogP contribution in [-0.4, -0.2) is 37.8 Å². The number of carbonyl (C=O) groups excluding carboxylic acids is 2. The summed E-state index contributed by atoms with van der Waals surface area (Å²) in [4.78, 5) is 23.6. The normalized spacial score (nSPS) is 10.5. The Balaban J connectivity index is 1.91. The van der Waals surface area contributed by atoms with E-state index in [2.05, 4.69) is 26.2 Å². The van der Waals surface area contributed by atoms with Crippen LogP contribution in [0.2, 0.25) is 0 Å². The molecule has 134 valence electrons. The topological polar surface area (TPSA) is 102 Å². The summed E-state index contributed by atoms with van der Waals surface area (Å²) in [5.41, 5.74) is 2.32. The van der Waals surface area contributed by atoms with E-state index in [4.69, 9.17) is 0 Å². The lowest BCUT2D eigenvalue weighted by Crippen LogP contribution is -2.15. The molecule has 0 saturated heterocycles. The van der Waals surface area contributed by atoms with E-state index in [1.165, 1.54) is 11.8 Å². The van der Waals surface area contributed by atoms with Crippen LogP contribution in [0.25, 0.3) is 0 Å². The highest BCUT2D eigenvalue weighted by Crippen LogP contribution is 2.21. The van der Waals surface area contributed by atoms with Gasteiger partial charge in [0.2, 0.25) is 17.0 Å². The number of nitrogens with zero attached hydrogens (tertiary/aromatic N) is 4. The Hall–Kier alpha value is -2.42. The molecule has 9 heteroatoms. The van der Waals surface area contributed by atoms with E-state index < -0.39 is 0 Å². The summed E-state index contributed by atoms with van der Waals surface area (Å²) in [6.45, 7) is 6.45. The average Bonchev–Trinajstić information content (AvgIpc) is 3.03. The predicted molar refractivity (Wildman–Crippen MR) is 97.6 cm³/mol. The molecule has 0 bridgehead atoms. The molecule has 0 spiro atoms. The van der Waals surface area contributed by atoms with E-state index in [-0.39, 0.29) is 17.6 Å². The number of benzene rings is 1. The largest absolute Gasteiger partial charge is 0.326 e. The van der Waals surface area contributed by atoms with Crippen molar-refractivity contribution in [3.8, 4) is 0 Å². The molecule has 0 aliphatic carbocycles. The van der Waals surface area contributed by atoms with Crippen molar-refractivity contribution in [2.45, 2.75) is 45.3 Å². The maximum absolute atomic E-state index is 12.1. The number of aromatic nitrogens is 4. The number of anilines is 2. The lowest BCUT2D eigenvalue weighted by Gasteiger charge is -2.10. The van der Waals surface area contributed by atoms with Gasteiger partial charge in [0.15, 0.2) is 0 Å². The second-order valence-electron chi connectivity index (χ2n) is 5.45. The molecule has 2 N–H and O–H groups in total. The summed E-state index contributed by atoms with van der Waals surface area (Å²) in [5.74, 6) is 0.0409. The molecule has 25 heavy (non-hydrogen) atoms. The summed E-state index contributed by atoms with van der Waals surface area (Å²) in [5, 5.41) is 17.7. The summed E-state index contributed by atoms with van der Waals surface area (Å²) in [6, 6.07) is 5.38. The van der Waals surface area contributed by atoms with Crippen LogP contribution >= 0.6 is 11.8 Å². The maximum atomic E-state index is 12.1. The fourth-order valence-corrected chi connectivity index (χ4v) is 2.80. The number of nitrogens with one attached hydrogen (secondary N) is 2. The van der Waals surface area contributed by atoms with Crippen LogP contribution in [0.4, 0.5) is 11.4 Å². The van der Waals surface area contributed by atoms with Gasteiger partial charge in [0.1, 0.15) is 0 Å². The van der Waals surface area contributed by atoms with Gasteiger partial charge in [0, 0.05) is 24.3 Å². The molecule has 0 unspecified atom stereocenters. The molecule has 0 aliphatic heterocycles. The van der Waals surface area contributed by atoms with Crippen molar-refractivity contribution in [3.05, 3.63) is 23.8 Å². The lowest BCUT2D eigenvalue weighted by atomic mass is 10.1. The van der Waals surface area contributed by atoms with Crippen molar-refractivity contribution in [1.29, 1.82) is 0 Å². The Morgan fingerprint density at radius 3 is 2.68 bits per heavy atom. The van der Waals surface area contributed by atoms with E-state index in [0.717, 1.165) is 24.2 Å². The summed E-state index contributed by atoms with van der Waals surface area (Å²) >= 11 is 1.30. The molecule has 0 atom stereocenters. The Morgan fingerprint density at radius 2 is 2.00 bits per heavy atom. The highest BCUT2D eigenvalue weighted by Gasteiger charge is 2.10. The molecule has 0 fully saturated rings. The zero-order valence-electron chi connectivity index (χ0n) is 14.6. The second kappa shape index (κ2) is 9.16. The first-order chi connectivity index (χ1) is 12.0. The average molecular weight is 362 g/mol. The third-order valence-electron chi connectivity index (χ3n) is 3.37. The third-order valence-corrected chi connectivity index (χ3v) is 4.33. The molecule has 2 aromatic rings. The second-order valence-corrected chi connectivity index (χ2v) is 6.40. The third kappa shape index (κ3) is 5.56. The first-order valence-corrected chi connectivity index (χ1v) is 9.11. The molecule has 1 aromatic carbocycles. The first kappa shape index (κ1) is 18.9. The van der Waals surface area contributed by atoms with Crippen molar-refractivity contribution in [2.75, 3.05) is 16.4 Å². The van der Waals surface area contributed by atoms with Crippen LogP contribution in [0.3, 0.4) is 0 Å². The molecule has 1 aromatic heterocycles. The SMILES string of the molecule is CCCn1nnnc1SCC(=O)Nc1ccc(NC(=O)CC)c(C)c1. The molecule has 2 amide bonds. The molecule has 0 radical (unpaired) electrons. The minimum atomic E-state index is -0.138. The quantitative estimate of drug-likeness (QED) is 0.700. The van der Waals surface area contributed by atoms with Gasteiger partial charge in [-0.3, -0.25) is 9.59 Å². The number of hydrogen-bond donors (Lipinski definition) is 2. The number of tetrazole rings is 1. The van der Waals surface area contributed by atoms with Gasteiger partial charge in [0.05, 0.1) is 5.75 Å². The first-order valence-electron chi connectivity index (χ1n) is 8.12. The van der Waals surface area contributed by atoms with E-state index in [0.29, 0.717) is 17.3 Å². The summed E-state index contributed by atoms with van der Waals surface area (Å²) in [7, 11) is 0. The molecule has 2 rings (SSSR count). The number of aryl methyl sites for hydroxylation is 2. The molecular formula is C16H22N6O2S. The fourth-order valence-electron chi connectivity index (χ4n) is 2.10. The molecular weight excluding hydrogens is 340 g/mol. The highest BCUT2D eigenvalue weighted by molar-refractivity contribution is 7.99. The Kier molecular flexibility index (Phi) is 6.93. The number of amides is 2. The maximum Gasteiger partial charge on any atom is 0.234 e. The van der Waals surface area contributed by atoms with Crippen molar-refractivity contribution in [1.82, 2.24) is 20.2 Å². The van der Waals surface area contributed by atoms with Gasteiger partial charge in [-0.25, -0.2) is 4.68 Å². The zero-order valence-corrected chi connectivity index (χ0v) is 15.4. The van der Waals surface area contributed by atoms with Crippen molar-refractivity contribution >= 4 is 35.0 Å². The fraction of sp³-hybridized carbons (Fsp3) is 0.438. The van der Waals surface area contributed by atoms with Gasteiger partial charge < -0.3 is 10.6 Å². The van der Waals surface area contributed by atoms with Crippen molar-refractivity contribution in [2.24, 2.45) is 0 Å². The Morgan fingerprint density at radius 1 is 1.20 bits per heavy atom. The van der Waals surface area contributed by atoms with Crippen molar-refractivity contribution in [3.63, 3.8) is 0 Å². The number of rotatable bonds is 8. The van der Waals surface area contributed by atoms with Gasteiger partial charge in [-0.1, -0.05) is 25.6 Å². The summed E-state index contributed by atoms with van der Waals surface area (Å²) < 4.78 is 1.69. The minimum Gasteiger partial charge on any atom is -0.326 e. The van der Waals surface area contributed by atoms with Gasteiger partial charge in [-0.2, -0.15) is 0 Å². The molecule has 8 nitrogen and oxygen atoms in total. The number of carbonyl (C=O) groups is 2. The van der Waals surface area contributed by atoms with E-state index in [9.17, 15) is 9.59 Å². The van der Waals surface area contributed by atoms with E-state index in [1.807, 2.05) is 19.9 Å². The van der Waals surface area contributed by atoms with Crippen LogP contribution < -0.4 is 10.6 Å². The smallest absolute Gasteiger partial charge is 0.234 e. The lowest BCUT2D eigenvalue weighted by molar-refractivity contribution is -0.116. The van der Waals surface area contributed by atoms with Gasteiger partial charge in [-0.05, 0) is 47.5 Å². The Bertz CT molecular complexity index is 746. The van der Waals surface area contributed by atoms with Gasteiger partial charge in [0.25, 0.3) is 0 Å². The summed E-state index contributed by atoms with van der Waals surface area (Å²) in [6.07, 6.45) is 1.34. The van der Waals surface area contributed by atoms with Gasteiger partial charge >= 0.3 is 0 Å². The zero-order chi connectivity index (χ0) is 18.2. The Labute approximate surface area is 150 Å². The van der Waals surface area contributed by atoms with E-state index >= 15 is 0 Å². The predicted octanol–water partition coefficient (Wildman–Crippen LogP) is 2.47. The van der Waals surface area contributed by atoms with Crippen LogP contribution in [0.15, 0.2) is 23.4 Å². The molecule has 0 aliphatic rings. The van der Waals surface area contributed by atoms with Crippen LogP contribution in [0.5, 0.6) is 0 Å². The monoisotopic (exact) mass is 362 g/mol. The number of thioether (sulfide) groups is 1. The van der Waals surface area contributed by atoms with E-state index in [1.54, 1.807) is 23.7 Å². The molecule has 1 heterocycles. The van der Waals surface area contributed by atoms with Gasteiger partial charge in [-0.15, -0.1) is 5.10 Å². The highest BCUT2D eigenvalue weighted by atomic mass is 32.2. The molecule has 0 saturated carbocycles. The minimum absolute atomic E-state index is 0.0407. The van der Waals surface area contributed by atoms with Crippen LogP contribution in [0.1, 0.15) is 32.3 Å². The standard InChI is InChI=1S/C16H22N6O2S/c1-4-8-22-16(19-20-21-22)25-10-15(24)17-12-6-7-13(11(3)9-12)18-14(23)5-2/h6-7,9H,4-5,8,10H2,1-3H3,(H,17,24)(H,18,23). The number of hydrogen-bond acceptors (Lipinski definition) is 6. The van der Waals surface area contributed by atoms with Crippen LogP contribution in [-0.2, 0) is 16.1 Å². The van der Waals surface area contributed by atoms with Crippen molar-refractivity contribution < 1.29 is 9.59 Å². The van der Waals surface area contributed by atoms with Crippen LogP contribution in [0, 0.1) is 6.92 Å².